The number of benzene rings is 1. The second-order valence-corrected chi connectivity index (χ2v) is 2.81. The summed E-state index contributed by atoms with van der Waals surface area (Å²) < 4.78 is 10.3. The quantitative estimate of drug-likeness (QED) is 0.595. The largest absolute Gasteiger partial charge is 0.454 e. The summed E-state index contributed by atoms with van der Waals surface area (Å²) >= 11 is 5.93. The lowest BCUT2D eigenvalue weighted by Crippen LogP contribution is -1.93. The molecule has 2 rings (SSSR count). The fraction of sp³-hybridized carbons (Fsp3) is 0.250. The van der Waals surface area contributed by atoms with Gasteiger partial charge in [-0.3, -0.25) is 0 Å². The minimum absolute atomic E-state index is 0.276. The molecule has 1 aliphatic heterocycles. The fourth-order valence-corrected chi connectivity index (χ4v) is 1.25. The maximum absolute atomic E-state index is 5.93. The van der Waals surface area contributed by atoms with Crippen LogP contribution in [0, 0.1) is 6.92 Å². The zero-order valence-corrected chi connectivity index (χ0v) is 6.81. The maximum atomic E-state index is 5.93. The van der Waals surface area contributed by atoms with Gasteiger partial charge in [0.05, 0.1) is 5.02 Å². The predicted molar refractivity (Wildman–Crippen MR) is 42.3 cm³/mol. The van der Waals surface area contributed by atoms with Gasteiger partial charge in [0, 0.05) is 0 Å². The number of ether oxygens (including phenoxy) is 2. The molecule has 0 saturated carbocycles. The zero-order valence-electron chi connectivity index (χ0n) is 6.06. The Balaban J connectivity index is 2.62. The van der Waals surface area contributed by atoms with Crippen LogP contribution < -0.4 is 9.47 Å². The molecule has 0 atom stereocenters. The molecule has 1 aliphatic rings. The van der Waals surface area contributed by atoms with Gasteiger partial charge in [-0.25, -0.2) is 0 Å². The smallest absolute Gasteiger partial charge is 0.231 e. The normalized spacial score (nSPS) is 13.6. The molecule has 0 N–H and O–H groups in total. The number of aryl methyl sites for hydroxylation is 1. The van der Waals surface area contributed by atoms with Crippen molar-refractivity contribution in [2.24, 2.45) is 0 Å². The maximum Gasteiger partial charge on any atom is 0.231 e. The van der Waals surface area contributed by atoms with Crippen LogP contribution in [0.25, 0.3) is 0 Å². The van der Waals surface area contributed by atoms with E-state index in [0.29, 0.717) is 10.8 Å². The molecule has 2 nitrogen and oxygen atoms in total. The molecule has 0 aliphatic carbocycles. The van der Waals surface area contributed by atoms with Crippen LogP contribution in [0.4, 0.5) is 0 Å². The molecule has 0 fully saturated rings. The summed E-state index contributed by atoms with van der Waals surface area (Å²) in [5, 5.41) is 0.653. The Morgan fingerprint density at radius 1 is 1.36 bits per heavy atom. The minimum atomic E-state index is 0.276. The molecule has 0 spiro atoms. The van der Waals surface area contributed by atoms with Gasteiger partial charge in [0.1, 0.15) is 0 Å². The Labute approximate surface area is 69.7 Å². The van der Waals surface area contributed by atoms with Crippen molar-refractivity contribution >= 4 is 11.6 Å². The van der Waals surface area contributed by atoms with Crippen LogP contribution in [0.15, 0.2) is 12.1 Å². The summed E-state index contributed by atoms with van der Waals surface area (Å²) in [7, 11) is 0. The Kier molecular flexibility index (Phi) is 1.43. The molecule has 1 aromatic rings. The first-order valence-corrected chi connectivity index (χ1v) is 3.71. The Morgan fingerprint density at radius 2 is 2.18 bits per heavy atom. The topological polar surface area (TPSA) is 18.5 Å². The van der Waals surface area contributed by atoms with Crippen molar-refractivity contribution in [3.8, 4) is 11.5 Å². The van der Waals surface area contributed by atoms with Crippen LogP contribution in [0.3, 0.4) is 0 Å². The van der Waals surface area contributed by atoms with Gasteiger partial charge in [-0.05, 0) is 18.6 Å². The average molecular weight is 171 g/mol. The van der Waals surface area contributed by atoms with Gasteiger partial charge >= 0.3 is 0 Å². The highest BCUT2D eigenvalue weighted by Crippen LogP contribution is 2.40. The third-order valence-corrected chi connectivity index (χ3v) is 2.14. The lowest BCUT2D eigenvalue weighted by molar-refractivity contribution is 0.174. The van der Waals surface area contributed by atoms with Crippen LogP contribution >= 0.6 is 11.6 Å². The Morgan fingerprint density at radius 3 is 3.00 bits per heavy atom. The van der Waals surface area contributed by atoms with E-state index in [-0.39, 0.29) is 6.79 Å². The average Bonchev–Trinajstić information content (AvgIpc) is 2.45. The molecule has 0 radical (unpaired) electrons. The van der Waals surface area contributed by atoms with Crippen LogP contribution in [0.5, 0.6) is 11.5 Å². The third kappa shape index (κ3) is 0.942. The van der Waals surface area contributed by atoms with Gasteiger partial charge in [-0.1, -0.05) is 17.7 Å². The zero-order chi connectivity index (χ0) is 7.84. The van der Waals surface area contributed by atoms with Crippen molar-refractivity contribution in [1.82, 2.24) is 0 Å². The number of hydrogen-bond acceptors (Lipinski definition) is 2. The summed E-state index contributed by atoms with van der Waals surface area (Å²) in [6.45, 7) is 2.21. The van der Waals surface area contributed by atoms with Crippen molar-refractivity contribution in [2.75, 3.05) is 6.79 Å². The molecular formula is C8H7ClO2. The van der Waals surface area contributed by atoms with E-state index >= 15 is 0 Å². The highest BCUT2D eigenvalue weighted by atomic mass is 35.5. The molecule has 1 aromatic carbocycles. The van der Waals surface area contributed by atoms with Crippen LogP contribution in [-0.4, -0.2) is 6.79 Å². The molecule has 1 heterocycles. The Bertz CT molecular complexity index is 296. The van der Waals surface area contributed by atoms with Crippen LogP contribution in [-0.2, 0) is 0 Å². The van der Waals surface area contributed by atoms with Crippen LogP contribution in [0.2, 0.25) is 5.02 Å². The monoisotopic (exact) mass is 170 g/mol. The number of rotatable bonds is 0. The van der Waals surface area contributed by atoms with Gasteiger partial charge in [0.25, 0.3) is 0 Å². The van der Waals surface area contributed by atoms with E-state index in [0.717, 1.165) is 11.3 Å². The number of hydrogen-bond donors (Lipinski definition) is 0. The summed E-state index contributed by atoms with van der Waals surface area (Å²) in [6, 6.07) is 3.78. The van der Waals surface area contributed by atoms with Crippen molar-refractivity contribution < 1.29 is 9.47 Å². The molecule has 0 aromatic heterocycles. The van der Waals surface area contributed by atoms with Crippen molar-refractivity contribution in [1.29, 1.82) is 0 Å². The van der Waals surface area contributed by atoms with Crippen molar-refractivity contribution in [3.63, 3.8) is 0 Å². The molecule has 3 heteroatoms. The lowest BCUT2D eigenvalue weighted by Gasteiger charge is -2.00. The van der Waals surface area contributed by atoms with Gasteiger partial charge in [-0.15, -0.1) is 0 Å². The molecule has 0 bridgehead atoms. The van der Waals surface area contributed by atoms with E-state index in [1.807, 2.05) is 19.1 Å². The highest BCUT2D eigenvalue weighted by molar-refractivity contribution is 6.33. The first-order chi connectivity index (χ1) is 5.29. The van der Waals surface area contributed by atoms with Gasteiger partial charge < -0.3 is 9.47 Å². The number of fused-ring (bicyclic) bond motifs is 1. The van der Waals surface area contributed by atoms with E-state index in [9.17, 15) is 0 Å². The first kappa shape index (κ1) is 6.80. The Hall–Kier alpha value is -0.890. The molecule has 0 unspecified atom stereocenters. The highest BCUT2D eigenvalue weighted by Gasteiger charge is 2.17. The lowest BCUT2D eigenvalue weighted by atomic mass is 10.2. The van der Waals surface area contributed by atoms with Crippen molar-refractivity contribution in [3.05, 3.63) is 22.7 Å². The van der Waals surface area contributed by atoms with E-state index in [1.54, 1.807) is 0 Å². The summed E-state index contributed by atoms with van der Waals surface area (Å²) in [5.74, 6) is 1.41. The third-order valence-electron chi connectivity index (χ3n) is 1.67. The standard InChI is InChI=1S/C8H7ClO2/c1-5-2-3-6-8(7(5)9)11-4-10-6/h2-3H,4H2,1H3. The summed E-state index contributed by atoms with van der Waals surface area (Å²) in [4.78, 5) is 0. The SMILES string of the molecule is Cc1ccc2c(c1Cl)OCO2. The van der Waals surface area contributed by atoms with Gasteiger partial charge in [0.2, 0.25) is 6.79 Å². The fourth-order valence-electron chi connectivity index (χ4n) is 1.04. The summed E-state index contributed by atoms with van der Waals surface area (Å²) in [5.41, 5.74) is 1.01. The van der Waals surface area contributed by atoms with E-state index in [4.69, 9.17) is 21.1 Å². The molecule has 11 heavy (non-hydrogen) atoms. The molecule has 0 saturated heterocycles. The molecular weight excluding hydrogens is 164 g/mol. The summed E-state index contributed by atoms with van der Waals surface area (Å²) in [6.07, 6.45) is 0. The van der Waals surface area contributed by atoms with Crippen LogP contribution in [0.1, 0.15) is 5.56 Å². The van der Waals surface area contributed by atoms with E-state index in [1.165, 1.54) is 0 Å². The second-order valence-electron chi connectivity index (χ2n) is 2.43. The van der Waals surface area contributed by atoms with E-state index < -0.39 is 0 Å². The number of halogens is 1. The van der Waals surface area contributed by atoms with Crippen molar-refractivity contribution in [2.45, 2.75) is 6.92 Å². The predicted octanol–water partition coefficient (Wildman–Crippen LogP) is 2.38. The van der Waals surface area contributed by atoms with Gasteiger partial charge in [-0.2, -0.15) is 0 Å². The van der Waals surface area contributed by atoms with E-state index in [2.05, 4.69) is 0 Å². The first-order valence-electron chi connectivity index (χ1n) is 3.34. The molecule has 0 amide bonds. The molecule has 58 valence electrons. The minimum Gasteiger partial charge on any atom is -0.454 e. The second kappa shape index (κ2) is 2.31. The van der Waals surface area contributed by atoms with Gasteiger partial charge in [0.15, 0.2) is 11.5 Å².